The van der Waals surface area contributed by atoms with E-state index in [-0.39, 0.29) is 5.54 Å². The van der Waals surface area contributed by atoms with Gasteiger partial charge in [0.15, 0.2) is 0 Å². The Morgan fingerprint density at radius 1 is 1.25 bits per heavy atom. The van der Waals surface area contributed by atoms with Crippen molar-refractivity contribution < 1.29 is 0 Å². The maximum atomic E-state index is 4.31. The fourth-order valence-corrected chi connectivity index (χ4v) is 2.86. The summed E-state index contributed by atoms with van der Waals surface area (Å²) in [5.74, 6) is 0. The molecule has 0 bridgehead atoms. The molecule has 0 aliphatic rings. The third-order valence-corrected chi connectivity index (χ3v) is 4.12. The zero-order valence-electron chi connectivity index (χ0n) is 11.9. The number of nitrogens with zero attached hydrogens (tertiary/aromatic N) is 2. The maximum absolute atomic E-state index is 4.31. The Morgan fingerprint density at radius 2 is 2.05 bits per heavy atom. The van der Waals surface area contributed by atoms with Crippen LogP contribution >= 0.6 is 27.7 Å². The van der Waals surface area contributed by atoms with Crippen LogP contribution in [0, 0.1) is 0 Å². The van der Waals surface area contributed by atoms with E-state index in [4.69, 9.17) is 0 Å². The third kappa shape index (κ3) is 4.89. The molecule has 0 unspecified atom stereocenters. The van der Waals surface area contributed by atoms with Crippen LogP contribution in [0.1, 0.15) is 26.3 Å². The van der Waals surface area contributed by atoms with Crippen molar-refractivity contribution in [2.45, 2.75) is 42.8 Å². The minimum atomic E-state index is 0.0941. The average molecular weight is 352 g/mol. The second-order valence-electron chi connectivity index (χ2n) is 5.50. The van der Waals surface area contributed by atoms with Crippen LogP contribution in [0.25, 0.3) is 0 Å². The fourth-order valence-electron chi connectivity index (χ4n) is 1.60. The number of benzene rings is 1. The highest BCUT2D eigenvalue weighted by atomic mass is 79.9. The molecule has 1 heterocycles. The highest BCUT2D eigenvalue weighted by molar-refractivity contribution is 9.10. The van der Waals surface area contributed by atoms with E-state index >= 15 is 0 Å². The quantitative estimate of drug-likeness (QED) is 0.891. The largest absolute Gasteiger partial charge is 0.308 e. The van der Waals surface area contributed by atoms with Crippen LogP contribution in [0.4, 0.5) is 0 Å². The van der Waals surface area contributed by atoms with Gasteiger partial charge in [-0.15, -0.1) is 0 Å². The minimum Gasteiger partial charge on any atom is -0.308 e. The zero-order valence-corrected chi connectivity index (χ0v) is 14.3. The first-order valence-corrected chi connectivity index (χ1v) is 8.02. The molecule has 5 heteroatoms. The first-order valence-electron chi connectivity index (χ1n) is 6.41. The molecule has 0 aliphatic carbocycles. The molecular formula is C15H18BrN3S. The molecule has 0 saturated heterocycles. The van der Waals surface area contributed by atoms with Crippen LogP contribution < -0.4 is 5.32 Å². The molecule has 0 aliphatic heterocycles. The Hall–Kier alpha value is -0.910. The van der Waals surface area contributed by atoms with E-state index in [1.54, 1.807) is 30.4 Å². The van der Waals surface area contributed by atoms with Gasteiger partial charge in [0.05, 0.1) is 6.20 Å². The van der Waals surface area contributed by atoms with Gasteiger partial charge in [-0.3, -0.25) is 4.98 Å². The van der Waals surface area contributed by atoms with Gasteiger partial charge in [0.1, 0.15) is 5.03 Å². The van der Waals surface area contributed by atoms with Crippen molar-refractivity contribution >= 4 is 27.7 Å². The molecule has 1 N–H and O–H groups in total. The van der Waals surface area contributed by atoms with E-state index in [9.17, 15) is 0 Å². The molecule has 0 saturated carbocycles. The van der Waals surface area contributed by atoms with E-state index < -0.39 is 0 Å². The molecule has 20 heavy (non-hydrogen) atoms. The summed E-state index contributed by atoms with van der Waals surface area (Å²) >= 11 is 5.18. The van der Waals surface area contributed by atoms with E-state index in [2.05, 4.69) is 70.2 Å². The number of aromatic nitrogens is 2. The zero-order chi connectivity index (χ0) is 14.6. The number of rotatable bonds is 4. The molecule has 1 aromatic carbocycles. The molecule has 3 nitrogen and oxygen atoms in total. The SMILES string of the molecule is CC(C)(C)NCc1cc(Br)ccc1Sc1cnccn1. The number of nitrogens with one attached hydrogen (secondary N) is 1. The summed E-state index contributed by atoms with van der Waals surface area (Å²) < 4.78 is 1.09. The van der Waals surface area contributed by atoms with E-state index in [1.165, 1.54) is 10.5 Å². The van der Waals surface area contributed by atoms with Gasteiger partial charge in [0, 0.05) is 33.8 Å². The summed E-state index contributed by atoms with van der Waals surface area (Å²) in [7, 11) is 0. The van der Waals surface area contributed by atoms with Crippen LogP contribution in [-0.2, 0) is 6.54 Å². The lowest BCUT2D eigenvalue weighted by molar-refractivity contribution is 0.422. The topological polar surface area (TPSA) is 37.8 Å². The highest BCUT2D eigenvalue weighted by Gasteiger charge is 2.12. The molecule has 0 amide bonds. The third-order valence-electron chi connectivity index (χ3n) is 2.59. The second-order valence-corrected chi connectivity index (χ2v) is 7.48. The molecular weight excluding hydrogens is 334 g/mol. The lowest BCUT2D eigenvalue weighted by Gasteiger charge is -2.21. The predicted molar refractivity (Wildman–Crippen MR) is 86.9 cm³/mol. The van der Waals surface area contributed by atoms with Crippen LogP contribution in [0.3, 0.4) is 0 Å². The summed E-state index contributed by atoms with van der Waals surface area (Å²) in [5, 5.41) is 4.43. The monoisotopic (exact) mass is 351 g/mol. The van der Waals surface area contributed by atoms with Crippen LogP contribution in [0.5, 0.6) is 0 Å². The molecule has 106 valence electrons. The molecule has 1 aromatic heterocycles. The van der Waals surface area contributed by atoms with Crippen molar-refractivity contribution in [3.63, 3.8) is 0 Å². The van der Waals surface area contributed by atoms with Crippen molar-refractivity contribution in [1.82, 2.24) is 15.3 Å². The number of hydrogen-bond acceptors (Lipinski definition) is 4. The van der Waals surface area contributed by atoms with Gasteiger partial charge >= 0.3 is 0 Å². The molecule has 0 radical (unpaired) electrons. The van der Waals surface area contributed by atoms with Crippen molar-refractivity contribution in [1.29, 1.82) is 0 Å². The molecule has 2 rings (SSSR count). The minimum absolute atomic E-state index is 0.0941. The van der Waals surface area contributed by atoms with Crippen LogP contribution in [0.15, 0.2) is 51.2 Å². The van der Waals surface area contributed by atoms with Gasteiger partial charge < -0.3 is 5.32 Å². The van der Waals surface area contributed by atoms with Crippen molar-refractivity contribution in [2.24, 2.45) is 0 Å². The molecule has 0 spiro atoms. The van der Waals surface area contributed by atoms with E-state index in [1.807, 2.05) is 0 Å². The molecule has 0 fully saturated rings. The molecule has 0 atom stereocenters. The average Bonchev–Trinajstić information content (AvgIpc) is 2.39. The van der Waals surface area contributed by atoms with Gasteiger partial charge in [-0.25, -0.2) is 4.98 Å². The summed E-state index contributed by atoms with van der Waals surface area (Å²) in [5.41, 5.74) is 1.35. The smallest absolute Gasteiger partial charge is 0.119 e. The summed E-state index contributed by atoms with van der Waals surface area (Å²) in [4.78, 5) is 9.62. The number of hydrogen-bond donors (Lipinski definition) is 1. The van der Waals surface area contributed by atoms with E-state index in [0.29, 0.717) is 0 Å². The Morgan fingerprint density at radius 3 is 2.70 bits per heavy atom. The first kappa shape index (κ1) is 15.5. The Kier molecular flexibility index (Phi) is 5.18. The van der Waals surface area contributed by atoms with Gasteiger partial charge in [-0.05, 0) is 44.5 Å². The predicted octanol–water partition coefficient (Wildman–Crippen LogP) is 4.28. The van der Waals surface area contributed by atoms with Crippen molar-refractivity contribution in [3.8, 4) is 0 Å². The lowest BCUT2D eigenvalue weighted by Crippen LogP contribution is -2.35. The fraction of sp³-hybridized carbons (Fsp3) is 0.333. The summed E-state index contributed by atoms with van der Waals surface area (Å²) in [6.07, 6.45) is 5.19. The highest BCUT2D eigenvalue weighted by Crippen LogP contribution is 2.30. The van der Waals surface area contributed by atoms with Gasteiger partial charge in [-0.2, -0.15) is 0 Å². The second kappa shape index (κ2) is 6.70. The maximum Gasteiger partial charge on any atom is 0.119 e. The Labute approximate surface area is 132 Å². The number of halogens is 1. The Balaban J connectivity index is 2.19. The van der Waals surface area contributed by atoms with Crippen molar-refractivity contribution in [2.75, 3.05) is 0 Å². The summed E-state index contributed by atoms with van der Waals surface area (Å²) in [6, 6.07) is 6.32. The molecule has 2 aromatic rings. The first-order chi connectivity index (χ1) is 9.44. The normalized spacial score (nSPS) is 11.6. The van der Waals surface area contributed by atoms with E-state index in [0.717, 1.165) is 16.0 Å². The summed E-state index contributed by atoms with van der Waals surface area (Å²) in [6.45, 7) is 7.33. The standard InChI is InChI=1S/C15H18BrN3S/c1-15(2,3)19-9-11-8-12(16)4-5-13(11)20-14-10-17-6-7-18-14/h4-8,10,19H,9H2,1-3H3. The Bertz CT molecular complexity index is 567. The van der Waals surface area contributed by atoms with Crippen LogP contribution in [0.2, 0.25) is 0 Å². The lowest BCUT2D eigenvalue weighted by atomic mass is 10.1. The van der Waals surface area contributed by atoms with Gasteiger partial charge in [0.25, 0.3) is 0 Å². The van der Waals surface area contributed by atoms with Gasteiger partial charge in [0.2, 0.25) is 0 Å². The van der Waals surface area contributed by atoms with Gasteiger partial charge in [-0.1, -0.05) is 27.7 Å². The van der Waals surface area contributed by atoms with Crippen LogP contribution in [-0.4, -0.2) is 15.5 Å². The van der Waals surface area contributed by atoms with Crippen molar-refractivity contribution in [3.05, 3.63) is 46.8 Å².